The highest BCUT2D eigenvalue weighted by molar-refractivity contribution is 4.95. The van der Waals surface area contributed by atoms with Gasteiger partial charge in [0.25, 0.3) is 0 Å². The third kappa shape index (κ3) is 10.3. The van der Waals surface area contributed by atoms with Gasteiger partial charge in [-0.3, -0.25) is 0 Å². The minimum Gasteiger partial charge on any atom is -0.396 e. The molecule has 14 nitrogen and oxygen atoms in total. The van der Waals surface area contributed by atoms with Gasteiger partial charge in [0.05, 0.1) is 64.1 Å². The molecular weight excluding hydrogens is 548 g/mol. The summed E-state index contributed by atoms with van der Waals surface area (Å²) >= 11 is 0. The lowest BCUT2D eigenvalue weighted by Gasteiger charge is -2.52. The zero-order valence-electron chi connectivity index (χ0n) is 23.7. The maximum Gasteiger partial charge on any atom is 0.161 e. The number of hydrogen-bond acceptors (Lipinski definition) is 14. The van der Waals surface area contributed by atoms with Crippen LogP contribution in [-0.4, -0.2) is 156 Å². The summed E-state index contributed by atoms with van der Waals surface area (Å²) in [6, 6.07) is 0. The van der Waals surface area contributed by atoms with E-state index in [1.807, 2.05) is 0 Å². The Bertz CT molecular complexity index is 660. The molecule has 2 aliphatic rings. The molecule has 0 spiro atoms. The van der Waals surface area contributed by atoms with Gasteiger partial charge in [-0.05, 0) is 43.9 Å². The van der Waals surface area contributed by atoms with Crippen molar-refractivity contribution in [1.82, 2.24) is 0 Å². The van der Waals surface area contributed by atoms with Crippen LogP contribution in [0.2, 0.25) is 0 Å². The average molecular weight is 601 g/mol. The van der Waals surface area contributed by atoms with Gasteiger partial charge in [-0.25, -0.2) is 0 Å². The molecule has 0 bridgehead atoms. The monoisotopic (exact) mass is 600 g/mol. The van der Waals surface area contributed by atoms with Crippen LogP contribution in [0.4, 0.5) is 0 Å². The molecule has 0 aromatic heterocycles. The van der Waals surface area contributed by atoms with Crippen LogP contribution in [0.5, 0.6) is 0 Å². The zero-order valence-corrected chi connectivity index (χ0v) is 23.7. The van der Waals surface area contributed by atoms with Gasteiger partial charge in [0.2, 0.25) is 0 Å². The number of aliphatic hydroxyl groups is 9. The van der Waals surface area contributed by atoms with E-state index in [9.17, 15) is 46.0 Å². The first-order valence-electron chi connectivity index (χ1n) is 14.7. The van der Waals surface area contributed by atoms with Gasteiger partial charge in [-0.2, -0.15) is 0 Å². The van der Waals surface area contributed by atoms with Crippen LogP contribution in [0, 0.1) is 29.6 Å². The Kier molecular flexibility index (Phi) is 18.2. The van der Waals surface area contributed by atoms with Crippen LogP contribution in [-0.2, 0) is 23.7 Å². The standard InChI is InChI=1S/C27H52O14/c28-6-1-17-19(3-8-30)27(40-23(16-37-13-11-33)24(17)21(36)15-35)41-25-18(2-7-29)20(4-9-31)26(38-14-12-34)39-22(25)5-10-32/h17-36H,1-16H2/t17-,18-,19-,20-,21?,22-,23-,24?,25+,26-,27+/m1/s1. The Morgan fingerprint density at radius 1 is 0.561 bits per heavy atom. The van der Waals surface area contributed by atoms with E-state index in [4.69, 9.17) is 23.7 Å². The molecule has 244 valence electrons. The number of rotatable bonds is 21. The molecule has 0 aromatic rings. The van der Waals surface area contributed by atoms with Crippen LogP contribution < -0.4 is 0 Å². The minimum absolute atomic E-state index is 0.00689. The van der Waals surface area contributed by atoms with Crippen molar-refractivity contribution in [3.05, 3.63) is 0 Å². The van der Waals surface area contributed by atoms with E-state index in [0.717, 1.165) is 0 Å². The lowest BCUT2D eigenvalue weighted by molar-refractivity contribution is -0.340. The highest BCUT2D eigenvalue weighted by Gasteiger charge is 2.52. The Balaban J connectivity index is 2.49. The van der Waals surface area contributed by atoms with Gasteiger partial charge in [-0.1, -0.05) is 0 Å². The molecule has 0 aliphatic carbocycles. The Hall–Kier alpha value is -0.560. The Morgan fingerprint density at radius 3 is 1.66 bits per heavy atom. The predicted octanol–water partition coefficient (Wildman–Crippen LogP) is -2.81. The molecule has 0 radical (unpaired) electrons. The lowest BCUT2D eigenvalue weighted by atomic mass is 9.70. The summed E-state index contributed by atoms with van der Waals surface area (Å²) in [5, 5.41) is 88.6. The molecule has 9 N–H and O–H groups in total. The van der Waals surface area contributed by atoms with Gasteiger partial charge in [0.15, 0.2) is 12.6 Å². The molecular formula is C27H52O14. The molecule has 2 heterocycles. The third-order valence-electron chi connectivity index (χ3n) is 8.21. The fraction of sp³-hybridized carbons (Fsp3) is 1.00. The first-order valence-corrected chi connectivity index (χ1v) is 14.7. The van der Waals surface area contributed by atoms with Crippen LogP contribution >= 0.6 is 0 Å². The molecule has 2 fully saturated rings. The Morgan fingerprint density at radius 2 is 1.10 bits per heavy atom. The highest BCUT2D eigenvalue weighted by atomic mass is 16.7. The van der Waals surface area contributed by atoms with Crippen molar-refractivity contribution in [3.63, 3.8) is 0 Å². The molecule has 2 aliphatic heterocycles. The van der Waals surface area contributed by atoms with Crippen molar-refractivity contribution in [2.45, 2.75) is 69.1 Å². The summed E-state index contributed by atoms with van der Waals surface area (Å²) in [5.74, 6) is -2.51. The molecule has 0 saturated carbocycles. The molecule has 2 rings (SSSR count). The van der Waals surface area contributed by atoms with Crippen LogP contribution in [0.1, 0.15) is 32.1 Å². The molecule has 14 heteroatoms. The number of hydrogen-bond donors (Lipinski definition) is 9. The fourth-order valence-corrected chi connectivity index (χ4v) is 6.52. The van der Waals surface area contributed by atoms with Gasteiger partial charge in [-0.15, -0.1) is 0 Å². The van der Waals surface area contributed by atoms with Crippen molar-refractivity contribution in [2.24, 2.45) is 29.6 Å². The quantitative estimate of drug-likeness (QED) is 0.0606. The molecule has 2 unspecified atom stereocenters. The van der Waals surface area contributed by atoms with E-state index in [1.165, 1.54) is 0 Å². The third-order valence-corrected chi connectivity index (χ3v) is 8.21. The largest absolute Gasteiger partial charge is 0.396 e. The summed E-state index contributed by atoms with van der Waals surface area (Å²) in [7, 11) is 0. The second-order valence-corrected chi connectivity index (χ2v) is 10.6. The normalized spacial score (nSPS) is 35.0. The minimum atomic E-state index is -1.21. The van der Waals surface area contributed by atoms with Crippen molar-refractivity contribution >= 4 is 0 Å². The van der Waals surface area contributed by atoms with E-state index in [-0.39, 0.29) is 98.2 Å². The molecule has 2 saturated heterocycles. The van der Waals surface area contributed by atoms with E-state index < -0.39 is 73.2 Å². The first-order chi connectivity index (χ1) is 19.9. The van der Waals surface area contributed by atoms with Gasteiger partial charge in [0.1, 0.15) is 0 Å². The smallest absolute Gasteiger partial charge is 0.161 e. The van der Waals surface area contributed by atoms with Crippen molar-refractivity contribution < 1.29 is 69.6 Å². The van der Waals surface area contributed by atoms with Gasteiger partial charge in [0, 0.05) is 50.8 Å². The predicted molar refractivity (Wildman–Crippen MR) is 142 cm³/mol. The van der Waals surface area contributed by atoms with E-state index >= 15 is 0 Å². The topological polar surface area (TPSA) is 228 Å². The second kappa shape index (κ2) is 20.4. The second-order valence-electron chi connectivity index (χ2n) is 10.6. The molecule has 11 atom stereocenters. The lowest BCUT2D eigenvalue weighted by Crippen LogP contribution is -2.59. The van der Waals surface area contributed by atoms with Crippen LogP contribution in [0.25, 0.3) is 0 Å². The SMILES string of the molecule is OCCOC[C@H]1O[C@@H](O[C@H]2[C@H](CCO)[C@@H](CCO)[C@H](OCCO)O[C@@H]2CCO)[C@H](CCO)[C@@H](CCO)C1C(O)CO. The molecule has 41 heavy (non-hydrogen) atoms. The maximum atomic E-state index is 10.8. The zero-order chi connectivity index (χ0) is 30.2. The summed E-state index contributed by atoms with van der Waals surface area (Å²) in [5.41, 5.74) is 0. The average Bonchev–Trinajstić information content (AvgIpc) is 2.96. The van der Waals surface area contributed by atoms with E-state index in [2.05, 4.69) is 0 Å². The van der Waals surface area contributed by atoms with E-state index in [1.54, 1.807) is 0 Å². The van der Waals surface area contributed by atoms with Crippen LogP contribution in [0.3, 0.4) is 0 Å². The van der Waals surface area contributed by atoms with E-state index in [0.29, 0.717) is 0 Å². The van der Waals surface area contributed by atoms with Crippen LogP contribution in [0.15, 0.2) is 0 Å². The summed E-state index contributed by atoms with van der Waals surface area (Å²) in [6.45, 7) is -2.17. The maximum absolute atomic E-state index is 10.8. The Labute approximate surface area is 241 Å². The molecule has 0 amide bonds. The fourth-order valence-electron chi connectivity index (χ4n) is 6.52. The van der Waals surface area contributed by atoms with Crippen molar-refractivity contribution in [3.8, 4) is 0 Å². The van der Waals surface area contributed by atoms with Gasteiger partial charge < -0.3 is 69.6 Å². The first kappa shape index (κ1) is 36.6. The number of ether oxygens (including phenoxy) is 5. The molecule has 0 aromatic carbocycles. The number of aliphatic hydroxyl groups excluding tert-OH is 9. The van der Waals surface area contributed by atoms with Crippen molar-refractivity contribution in [2.75, 3.05) is 72.7 Å². The summed E-state index contributed by atoms with van der Waals surface area (Å²) in [6.07, 6.45) is -4.21. The summed E-state index contributed by atoms with van der Waals surface area (Å²) < 4.78 is 30.5. The summed E-state index contributed by atoms with van der Waals surface area (Å²) in [4.78, 5) is 0. The van der Waals surface area contributed by atoms with Gasteiger partial charge >= 0.3 is 0 Å². The highest BCUT2D eigenvalue weighted by Crippen LogP contribution is 2.45. The van der Waals surface area contributed by atoms with Crippen molar-refractivity contribution in [1.29, 1.82) is 0 Å².